The van der Waals surface area contributed by atoms with E-state index in [2.05, 4.69) is 25.3 Å². The number of rotatable bonds is 8. The van der Waals surface area contributed by atoms with Crippen molar-refractivity contribution in [3.8, 4) is 0 Å². The van der Waals surface area contributed by atoms with Crippen molar-refractivity contribution < 1.29 is 17.6 Å². The van der Waals surface area contributed by atoms with Gasteiger partial charge in [-0.3, -0.25) is 14.5 Å². The van der Waals surface area contributed by atoms with Gasteiger partial charge in [-0.2, -0.15) is 0 Å². The summed E-state index contributed by atoms with van der Waals surface area (Å²) < 4.78 is 42.4. The zero-order valence-corrected chi connectivity index (χ0v) is 19.6. The molecule has 0 radical (unpaired) electrons. The molecule has 1 saturated carbocycles. The van der Waals surface area contributed by atoms with Crippen molar-refractivity contribution in [2.24, 2.45) is 11.5 Å². The Morgan fingerprint density at radius 3 is 2.46 bits per heavy atom. The molecule has 0 unspecified atom stereocenters. The van der Waals surface area contributed by atoms with Crippen molar-refractivity contribution in [2.75, 3.05) is 15.4 Å². The van der Waals surface area contributed by atoms with Gasteiger partial charge in [0, 0.05) is 12.1 Å². The third kappa shape index (κ3) is 5.84. The van der Waals surface area contributed by atoms with Crippen molar-refractivity contribution in [3.63, 3.8) is 0 Å². The van der Waals surface area contributed by atoms with E-state index in [0.29, 0.717) is 5.69 Å². The zero-order valence-electron chi connectivity index (χ0n) is 18.7. The van der Waals surface area contributed by atoms with Gasteiger partial charge in [-0.25, -0.2) is 17.8 Å². The highest BCUT2D eigenvalue weighted by Crippen LogP contribution is 2.27. The Morgan fingerprint density at radius 2 is 1.74 bits per heavy atom. The summed E-state index contributed by atoms with van der Waals surface area (Å²) in [6.07, 6.45) is 6.31. The normalized spacial score (nSPS) is 18.0. The Hall–Kier alpha value is -3.77. The molecular formula is C23H26FN7O3S. The summed E-state index contributed by atoms with van der Waals surface area (Å²) in [5.74, 6) is -1.68. The Balaban J connectivity index is 1.60. The van der Waals surface area contributed by atoms with E-state index in [1.165, 1.54) is 30.6 Å². The molecule has 1 aromatic carbocycles. The molecule has 1 fully saturated rings. The molecule has 4 rings (SSSR count). The monoisotopic (exact) mass is 499 g/mol. The van der Waals surface area contributed by atoms with Crippen LogP contribution in [0.2, 0.25) is 0 Å². The van der Waals surface area contributed by atoms with Crippen LogP contribution in [0.1, 0.15) is 36.0 Å². The van der Waals surface area contributed by atoms with Crippen molar-refractivity contribution >= 4 is 38.9 Å². The third-order valence-corrected chi connectivity index (χ3v) is 7.09. The molecule has 12 heteroatoms. The number of carbonyl (C=O) groups excluding carboxylic acids is 1. The smallest absolute Gasteiger partial charge is 0.261 e. The number of carbonyl (C=O) groups is 1. The fraction of sp³-hybridized carbons (Fsp3) is 0.261. The minimum atomic E-state index is -3.84. The summed E-state index contributed by atoms with van der Waals surface area (Å²) in [6, 6.07) is 10.0. The number of anilines is 4. The van der Waals surface area contributed by atoms with E-state index >= 15 is 0 Å². The number of aromatic nitrogens is 2. The molecule has 1 amide bonds. The highest BCUT2D eigenvalue weighted by atomic mass is 32.2. The number of pyridine rings is 2. The number of hydrogen-bond acceptors (Lipinski definition) is 8. The Bertz CT molecular complexity index is 1320. The summed E-state index contributed by atoms with van der Waals surface area (Å²) in [4.78, 5) is 20.3. The van der Waals surface area contributed by atoms with Crippen LogP contribution in [-0.2, 0) is 10.0 Å². The number of amides is 1. The molecule has 1 aliphatic carbocycles. The fourth-order valence-electron chi connectivity index (χ4n) is 3.90. The van der Waals surface area contributed by atoms with Crippen LogP contribution >= 0.6 is 0 Å². The molecule has 184 valence electrons. The lowest BCUT2D eigenvalue weighted by Gasteiger charge is -2.30. The number of nitrogens with zero attached hydrogens (tertiary/aromatic N) is 2. The van der Waals surface area contributed by atoms with Crippen molar-refractivity contribution in [3.05, 3.63) is 66.2 Å². The van der Waals surface area contributed by atoms with E-state index < -0.39 is 21.7 Å². The van der Waals surface area contributed by atoms with Crippen LogP contribution in [0.4, 0.5) is 27.4 Å². The highest BCUT2D eigenvalue weighted by Gasteiger charge is 2.24. The number of primary amides is 1. The topological polar surface area (TPSA) is 165 Å². The zero-order chi connectivity index (χ0) is 25.0. The number of nitrogens with one attached hydrogen (secondary N) is 3. The molecule has 2 aromatic heterocycles. The number of benzene rings is 1. The second-order valence-electron chi connectivity index (χ2n) is 8.28. The van der Waals surface area contributed by atoms with Crippen LogP contribution in [-0.4, -0.2) is 36.4 Å². The number of sulfonamides is 1. The fourth-order valence-corrected chi connectivity index (χ4v) is 4.96. The quantitative estimate of drug-likeness (QED) is 0.315. The van der Waals surface area contributed by atoms with Crippen molar-refractivity contribution in [1.29, 1.82) is 0 Å². The number of halogens is 1. The highest BCUT2D eigenvalue weighted by molar-refractivity contribution is 7.92. The summed E-state index contributed by atoms with van der Waals surface area (Å²) >= 11 is 0. The van der Waals surface area contributed by atoms with E-state index in [9.17, 15) is 17.6 Å². The van der Waals surface area contributed by atoms with Crippen LogP contribution in [0.5, 0.6) is 0 Å². The van der Waals surface area contributed by atoms with Gasteiger partial charge in [-0.05, 0) is 37.1 Å². The van der Waals surface area contributed by atoms with Crippen LogP contribution < -0.4 is 26.8 Å². The first-order valence-corrected chi connectivity index (χ1v) is 12.5. The second-order valence-corrected chi connectivity index (χ2v) is 9.97. The van der Waals surface area contributed by atoms with Crippen LogP contribution in [0.3, 0.4) is 0 Å². The molecule has 10 nitrogen and oxygen atoms in total. The van der Waals surface area contributed by atoms with Crippen molar-refractivity contribution in [1.82, 2.24) is 9.97 Å². The molecule has 0 bridgehead atoms. The summed E-state index contributed by atoms with van der Waals surface area (Å²) in [5.41, 5.74) is 11.9. The second kappa shape index (κ2) is 10.2. The summed E-state index contributed by atoms with van der Waals surface area (Å²) in [5, 5.41) is 5.93. The predicted octanol–water partition coefficient (Wildman–Crippen LogP) is 2.94. The van der Waals surface area contributed by atoms with Gasteiger partial charge in [0.15, 0.2) is 11.6 Å². The molecule has 35 heavy (non-hydrogen) atoms. The van der Waals surface area contributed by atoms with Crippen LogP contribution in [0.25, 0.3) is 0 Å². The third-order valence-electron chi connectivity index (χ3n) is 5.69. The first kappa shape index (κ1) is 24.4. The molecule has 3 aromatic rings. The van der Waals surface area contributed by atoms with Gasteiger partial charge in [0.1, 0.15) is 5.82 Å². The molecule has 0 aliphatic heterocycles. The lowest BCUT2D eigenvalue weighted by atomic mass is 9.91. The maximum Gasteiger partial charge on any atom is 0.261 e. The van der Waals surface area contributed by atoms with E-state index in [0.717, 1.165) is 31.7 Å². The first-order chi connectivity index (χ1) is 16.7. The molecule has 2 heterocycles. The largest absolute Gasteiger partial charge is 0.365 e. The Labute approximate surface area is 202 Å². The molecule has 0 spiro atoms. The van der Waals surface area contributed by atoms with E-state index in [-0.39, 0.29) is 39.9 Å². The van der Waals surface area contributed by atoms with Gasteiger partial charge in [0.25, 0.3) is 15.9 Å². The Morgan fingerprint density at radius 1 is 1.03 bits per heavy atom. The molecular weight excluding hydrogens is 473 g/mol. The van der Waals surface area contributed by atoms with Gasteiger partial charge >= 0.3 is 0 Å². The van der Waals surface area contributed by atoms with Gasteiger partial charge in [-0.1, -0.05) is 31.0 Å². The average Bonchev–Trinajstić information content (AvgIpc) is 2.83. The van der Waals surface area contributed by atoms with E-state index in [1.807, 2.05) is 0 Å². The van der Waals surface area contributed by atoms with Crippen LogP contribution in [0, 0.1) is 5.82 Å². The molecule has 7 N–H and O–H groups in total. The molecule has 1 aliphatic rings. The SMILES string of the molecule is NC(=O)c1cc(F)c(N[C@@H]2CCCC[C@@H]2N)nc1Nc1cncc(NS(=O)(=O)c2ccccc2)c1. The van der Waals surface area contributed by atoms with Gasteiger partial charge in [0.05, 0.1) is 34.2 Å². The lowest BCUT2D eigenvalue weighted by molar-refractivity contribution is 0.100. The van der Waals surface area contributed by atoms with Crippen molar-refractivity contribution in [2.45, 2.75) is 42.7 Å². The van der Waals surface area contributed by atoms with Crippen LogP contribution in [0.15, 0.2) is 59.8 Å². The van der Waals surface area contributed by atoms with E-state index in [1.54, 1.807) is 18.2 Å². The first-order valence-electron chi connectivity index (χ1n) is 11.1. The van der Waals surface area contributed by atoms with E-state index in [4.69, 9.17) is 11.5 Å². The van der Waals surface area contributed by atoms with Gasteiger partial charge in [0.2, 0.25) is 0 Å². The lowest BCUT2D eigenvalue weighted by Crippen LogP contribution is -2.43. The predicted molar refractivity (Wildman–Crippen MR) is 131 cm³/mol. The standard InChI is InChI=1S/C23H26FN7O3S/c24-18-11-17(21(26)32)22(30-23(18)29-20-9-5-4-8-19(20)25)28-14-10-15(13-27-12-14)31-35(33,34)16-6-2-1-3-7-16/h1-3,6-7,10-13,19-20,31H,4-5,8-9,25H2,(H2,26,32)(H2,28,29,30)/t19-,20+/m0/s1. The summed E-state index contributed by atoms with van der Waals surface area (Å²) in [7, 11) is -3.84. The van der Waals surface area contributed by atoms with Gasteiger partial charge in [-0.15, -0.1) is 0 Å². The number of nitrogens with two attached hydrogens (primary N) is 2. The minimum absolute atomic E-state index is 0.00403. The van der Waals surface area contributed by atoms with Gasteiger partial charge < -0.3 is 22.1 Å². The maximum atomic E-state index is 14.7. The molecule has 0 saturated heterocycles. The summed E-state index contributed by atoms with van der Waals surface area (Å²) in [6.45, 7) is 0. The maximum absolute atomic E-state index is 14.7. The average molecular weight is 500 g/mol. The number of hydrogen-bond donors (Lipinski definition) is 5. The molecule has 2 atom stereocenters. The Kier molecular flexibility index (Phi) is 7.12. The minimum Gasteiger partial charge on any atom is -0.365 e.